The zero-order chi connectivity index (χ0) is 7.82. The highest BCUT2D eigenvalue weighted by atomic mass is 15.5. The highest BCUT2D eigenvalue weighted by Gasteiger charge is 1.81. The van der Waals surface area contributed by atoms with Crippen molar-refractivity contribution in [3.63, 3.8) is 0 Å². The molecule has 1 rings (SSSR count). The smallest absolute Gasteiger partial charge is 0.193 e. The molecular formula is CH5N9. The van der Waals surface area contributed by atoms with E-state index in [-0.39, 0.29) is 5.95 Å². The van der Waals surface area contributed by atoms with Crippen LogP contribution in [0.2, 0.25) is 0 Å². The van der Waals surface area contributed by atoms with Gasteiger partial charge in [-0.1, -0.05) is 0 Å². The second-order valence-electron chi connectivity index (χ2n) is 0.868. The van der Waals surface area contributed by atoms with Crippen LogP contribution in [0.25, 0.3) is 10.4 Å². The van der Waals surface area contributed by atoms with Gasteiger partial charge in [-0.2, -0.15) is 11.1 Å². The van der Waals surface area contributed by atoms with Gasteiger partial charge in [0.25, 0.3) is 0 Å². The first-order valence-corrected chi connectivity index (χ1v) is 2.08. The number of tetrazole rings is 1. The van der Waals surface area contributed by atoms with Crippen LogP contribution < -0.4 is 16.8 Å². The predicted molar refractivity (Wildman–Crippen MR) is 29.0 cm³/mol. The molecular weight excluding hydrogens is 138 g/mol. The van der Waals surface area contributed by atoms with E-state index in [0.29, 0.717) is 0 Å². The van der Waals surface area contributed by atoms with E-state index in [4.69, 9.17) is 5.53 Å². The van der Waals surface area contributed by atoms with Crippen LogP contribution in [0.15, 0.2) is 5.11 Å². The summed E-state index contributed by atoms with van der Waals surface area (Å²) in [5, 5.41) is 15.6. The molecule has 9 heteroatoms. The number of aromatic nitrogens is 4. The molecule has 1 aromatic heterocycles. The van der Waals surface area contributed by atoms with Crippen LogP contribution in [0, 0.1) is 0 Å². The molecule has 54 valence electrons. The minimum absolute atomic E-state index is 0.0486. The summed E-state index contributed by atoms with van der Waals surface area (Å²) in [5.41, 5.74) is 7.76. The molecule has 0 aromatic carbocycles. The Balaban J connectivity index is 0.000000371. The highest BCUT2D eigenvalue weighted by Crippen LogP contribution is 1.92. The lowest BCUT2D eigenvalue weighted by Crippen LogP contribution is -2.59. The van der Waals surface area contributed by atoms with E-state index in [1.54, 1.807) is 0 Å². The van der Waals surface area contributed by atoms with Crippen molar-refractivity contribution in [2.45, 2.75) is 0 Å². The van der Waals surface area contributed by atoms with Crippen LogP contribution in [0.3, 0.4) is 0 Å². The minimum Gasteiger partial charge on any atom is -0.283 e. The first-order valence-electron chi connectivity index (χ1n) is 2.08. The van der Waals surface area contributed by atoms with Crippen molar-refractivity contribution < 1.29 is 5.84 Å². The molecule has 0 aliphatic carbocycles. The van der Waals surface area contributed by atoms with Crippen molar-refractivity contribution in [3.05, 3.63) is 10.4 Å². The molecule has 0 saturated carbocycles. The van der Waals surface area contributed by atoms with Crippen molar-refractivity contribution in [2.75, 3.05) is 0 Å². The molecule has 0 saturated heterocycles. The molecule has 0 atom stereocenters. The van der Waals surface area contributed by atoms with Crippen molar-refractivity contribution in [1.82, 2.24) is 20.6 Å². The van der Waals surface area contributed by atoms with Gasteiger partial charge < -0.3 is 0 Å². The van der Waals surface area contributed by atoms with Crippen molar-refractivity contribution in [3.8, 4) is 0 Å². The van der Waals surface area contributed by atoms with Gasteiger partial charge in [-0.25, -0.2) is 5.10 Å². The van der Waals surface area contributed by atoms with E-state index >= 15 is 0 Å². The fraction of sp³-hybridized carbons (Fsp3) is 0. The predicted octanol–water partition coefficient (Wildman–Crippen LogP) is -2.13. The Kier molecular flexibility index (Phi) is 4.51. The molecule has 0 bridgehead atoms. The van der Waals surface area contributed by atoms with Crippen LogP contribution in [0.5, 0.6) is 0 Å². The fourth-order valence-electron chi connectivity index (χ4n) is 0.220. The molecule has 0 aliphatic heterocycles. The van der Waals surface area contributed by atoms with Crippen LogP contribution >= 0.6 is 0 Å². The van der Waals surface area contributed by atoms with E-state index in [9.17, 15) is 0 Å². The third-order valence-corrected chi connectivity index (χ3v) is 0.442. The zero-order valence-corrected chi connectivity index (χ0v) is 4.91. The van der Waals surface area contributed by atoms with Gasteiger partial charge in [0.15, 0.2) is 5.95 Å². The Morgan fingerprint density at radius 1 is 1.70 bits per heavy atom. The number of hydrogen-bond donors (Lipinski definition) is 2. The van der Waals surface area contributed by atoms with Gasteiger partial charge in [0.1, 0.15) is 0 Å². The SMILES string of the molecule is N[NH3+].[N-]=[N+]=Nc1nnn[n-]1. The molecule has 0 unspecified atom stereocenters. The third kappa shape index (κ3) is 2.57. The topological polar surface area (TPSA) is 155 Å². The Morgan fingerprint density at radius 2 is 2.40 bits per heavy atom. The van der Waals surface area contributed by atoms with E-state index in [0.717, 1.165) is 0 Å². The molecule has 0 amide bonds. The maximum atomic E-state index is 7.76. The Bertz CT molecular complexity index is 191. The number of quaternary nitrogens is 1. The van der Waals surface area contributed by atoms with E-state index in [2.05, 4.69) is 42.3 Å². The summed E-state index contributed by atoms with van der Waals surface area (Å²) in [5.74, 6) is 6.95. The highest BCUT2D eigenvalue weighted by molar-refractivity contribution is 5.04. The molecule has 9 nitrogen and oxygen atoms in total. The molecule has 5 N–H and O–H groups in total. The first-order chi connectivity index (χ1) is 4.93. The van der Waals surface area contributed by atoms with Crippen LogP contribution in [0.4, 0.5) is 5.95 Å². The molecule has 1 heterocycles. The lowest BCUT2D eigenvalue weighted by atomic mass is 11.1. The second-order valence-corrected chi connectivity index (χ2v) is 0.868. The van der Waals surface area contributed by atoms with Crippen LogP contribution in [0.1, 0.15) is 0 Å². The zero-order valence-electron chi connectivity index (χ0n) is 4.91. The van der Waals surface area contributed by atoms with Gasteiger partial charge in [-0.3, -0.25) is 10.9 Å². The quantitative estimate of drug-likeness (QED) is 0.151. The van der Waals surface area contributed by atoms with Crippen molar-refractivity contribution in [2.24, 2.45) is 11.0 Å². The first kappa shape index (κ1) is 8.30. The third-order valence-electron chi connectivity index (χ3n) is 0.442. The number of nitrogens with two attached hydrogens (primary N) is 1. The van der Waals surface area contributed by atoms with Gasteiger partial charge in [0, 0.05) is 5.53 Å². The van der Waals surface area contributed by atoms with Crippen molar-refractivity contribution in [1.29, 1.82) is 0 Å². The Hall–Kier alpha value is -1.70. The average molecular weight is 143 g/mol. The monoisotopic (exact) mass is 143 g/mol. The Labute approximate surface area is 55.0 Å². The summed E-state index contributed by atoms with van der Waals surface area (Å²) in [7, 11) is 0. The molecule has 0 spiro atoms. The maximum absolute atomic E-state index is 7.76. The molecule has 0 radical (unpaired) electrons. The Morgan fingerprint density at radius 3 is 2.80 bits per heavy atom. The summed E-state index contributed by atoms with van der Waals surface area (Å²) in [6.45, 7) is 0. The molecule has 0 aliphatic rings. The summed E-state index contributed by atoms with van der Waals surface area (Å²) < 4.78 is 0. The van der Waals surface area contributed by atoms with Gasteiger partial charge in [0.2, 0.25) is 0 Å². The fourth-order valence-corrected chi connectivity index (χ4v) is 0.220. The standard InChI is InChI=1S/CN7.H4N2/c2-6-3-1-4-7-8-5-1;1-2/h;1-2H2/q-1;/p+1. The van der Waals surface area contributed by atoms with Crippen LogP contribution in [-0.2, 0) is 0 Å². The van der Waals surface area contributed by atoms with Gasteiger partial charge in [-0.05, 0) is 0 Å². The number of rotatable bonds is 1. The van der Waals surface area contributed by atoms with Gasteiger partial charge in [-0.15, -0.1) is 5.21 Å². The minimum atomic E-state index is -0.0486. The number of hydrogen-bond acceptors (Lipinski definition) is 5. The largest absolute Gasteiger partial charge is 0.283 e. The summed E-state index contributed by atoms with van der Waals surface area (Å²) >= 11 is 0. The second kappa shape index (κ2) is 5.44. The van der Waals surface area contributed by atoms with Gasteiger partial charge >= 0.3 is 0 Å². The van der Waals surface area contributed by atoms with Gasteiger partial charge in [0.05, 0.1) is 10.0 Å². The maximum Gasteiger partial charge on any atom is 0.193 e. The molecule has 10 heavy (non-hydrogen) atoms. The summed E-state index contributed by atoms with van der Waals surface area (Å²) in [6, 6.07) is 0. The summed E-state index contributed by atoms with van der Waals surface area (Å²) in [4.78, 5) is 2.40. The average Bonchev–Trinajstić information content (AvgIpc) is 2.46. The van der Waals surface area contributed by atoms with E-state index in [1.807, 2.05) is 0 Å². The van der Waals surface area contributed by atoms with E-state index < -0.39 is 0 Å². The lowest BCUT2D eigenvalue weighted by molar-refractivity contribution is -0.379. The molecule has 0 fully saturated rings. The van der Waals surface area contributed by atoms with E-state index in [1.165, 1.54) is 0 Å². The molecule has 1 aromatic rings. The normalized spacial score (nSPS) is 7.00. The van der Waals surface area contributed by atoms with Crippen molar-refractivity contribution >= 4 is 5.95 Å². The lowest BCUT2D eigenvalue weighted by Gasteiger charge is -1.68. The number of azide groups is 1. The van der Waals surface area contributed by atoms with Crippen LogP contribution in [-0.4, -0.2) is 15.5 Å². The summed E-state index contributed by atoms with van der Waals surface area (Å²) in [6.07, 6.45) is 0. The number of nitrogens with zero attached hydrogens (tertiary/aromatic N) is 7.